The Morgan fingerprint density at radius 1 is 0.655 bits per heavy atom. The Labute approximate surface area is 222 Å². The van der Waals surface area contributed by atoms with Crippen molar-refractivity contribution < 1.29 is 78.9 Å². The summed E-state index contributed by atoms with van der Waals surface area (Å²) in [5.41, 5.74) is 0. The molecule has 0 aromatic carbocycles. The molecule has 0 aliphatic heterocycles. The van der Waals surface area contributed by atoms with Crippen molar-refractivity contribution in [1.82, 2.24) is 4.90 Å². The first-order valence-corrected chi connectivity index (χ1v) is 10.8. The van der Waals surface area contributed by atoms with Gasteiger partial charge in [0.15, 0.2) is 0 Å². The number of nitrogens with zero attached hydrogens (tertiary/aromatic N) is 1. The summed E-state index contributed by atoms with van der Waals surface area (Å²) >= 11 is 0. The number of carboxylic acid groups (broad SMARTS) is 2. The number of allylic oxidation sites excluding steroid dienone is 2. The smallest absolute Gasteiger partial charge is 0.549 e. The molecule has 0 saturated carbocycles. The second-order valence-corrected chi connectivity index (χ2v) is 7.39. The van der Waals surface area contributed by atoms with Crippen LogP contribution >= 0.6 is 0 Å². The molecule has 0 unspecified atom stereocenters. The van der Waals surface area contributed by atoms with Crippen LogP contribution in [0.2, 0.25) is 0 Å². The summed E-state index contributed by atoms with van der Waals surface area (Å²) in [7, 11) is 0. The van der Waals surface area contributed by atoms with E-state index in [1.165, 1.54) is 69.1 Å². The van der Waals surface area contributed by atoms with E-state index < -0.39 is 11.9 Å². The number of carbonyl (C=O) groups is 2. The van der Waals surface area contributed by atoms with Crippen molar-refractivity contribution in [3.63, 3.8) is 0 Å². The van der Waals surface area contributed by atoms with Crippen LogP contribution in [0.15, 0.2) is 12.2 Å². The van der Waals surface area contributed by atoms with Gasteiger partial charge in [0.1, 0.15) is 0 Å². The maximum Gasteiger partial charge on any atom is 1.00 e. The fourth-order valence-electron chi connectivity index (χ4n) is 3.16. The van der Waals surface area contributed by atoms with E-state index in [2.05, 4.69) is 19.1 Å². The third-order valence-electron chi connectivity index (χ3n) is 4.69. The average molecular weight is 428 g/mol. The molecule has 5 nitrogen and oxygen atoms in total. The Morgan fingerprint density at radius 2 is 1.03 bits per heavy atom. The zero-order valence-corrected chi connectivity index (χ0v) is 23.3. The predicted molar refractivity (Wildman–Crippen MR) is 106 cm³/mol. The first-order valence-electron chi connectivity index (χ1n) is 10.8. The van der Waals surface area contributed by atoms with Crippen LogP contribution in [0, 0.1) is 0 Å². The van der Waals surface area contributed by atoms with E-state index >= 15 is 0 Å². The van der Waals surface area contributed by atoms with Gasteiger partial charge in [-0.2, -0.15) is 0 Å². The molecule has 0 aromatic heterocycles. The van der Waals surface area contributed by atoms with Crippen molar-refractivity contribution in [2.45, 2.75) is 96.8 Å². The molecular formula is C22H39NNa2O4. The average Bonchev–Trinajstić information content (AvgIpc) is 2.60. The molecule has 0 radical (unpaired) electrons. The Kier molecular flexibility index (Phi) is 31.5. The van der Waals surface area contributed by atoms with E-state index in [-0.39, 0.29) is 72.2 Å². The van der Waals surface area contributed by atoms with E-state index in [0.29, 0.717) is 6.54 Å². The monoisotopic (exact) mass is 427 g/mol. The molecule has 0 aliphatic rings. The fourth-order valence-corrected chi connectivity index (χ4v) is 3.16. The largest absolute Gasteiger partial charge is 1.00 e. The molecule has 7 heteroatoms. The van der Waals surface area contributed by atoms with Crippen molar-refractivity contribution >= 4 is 11.9 Å². The Morgan fingerprint density at radius 3 is 1.45 bits per heavy atom. The molecule has 158 valence electrons. The van der Waals surface area contributed by atoms with Gasteiger partial charge >= 0.3 is 59.1 Å². The minimum absolute atomic E-state index is 0. The molecule has 0 heterocycles. The fraction of sp³-hybridized carbons (Fsp3) is 0.818. The van der Waals surface area contributed by atoms with Gasteiger partial charge in [0.05, 0.1) is 11.9 Å². The van der Waals surface area contributed by atoms with Gasteiger partial charge in [-0.05, 0) is 38.6 Å². The predicted octanol–water partition coefficient (Wildman–Crippen LogP) is -3.17. The van der Waals surface area contributed by atoms with Gasteiger partial charge < -0.3 is 19.8 Å². The molecule has 0 aliphatic carbocycles. The minimum atomic E-state index is -1.25. The number of carbonyl (C=O) groups excluding carboxylic acids is 2. The van der Waals surface area contributed by atoms with Crippen LogP contribution in [-0.4, -0.2) is 36.5 Å². The number of aliphatic carboxylic acids is 2. The maximum atomic E-state index is 10.6. The SMILES string of the molecule is CCCCCCCC/C=C\CCCCCCCCN(CC(=O)[O-])CC(=O)[O-].[Na+].[Na+]. The zero-order valence-electron chi connectivity index (χ0n) is 19.3. The van der Waals surface area contributed by atoms with E-state index in [9.17, 15) is 19.8 Å². The molecule has 0 saturated heterocycles. The standard InChI is InChI=1S/C22H41NO4.2Na/c1-2-3-4-5-6-7-8-9-10-11-12-13-14-15-16-17-18-23(19-21(24)25)20-22(26)27;;/h9-10H,2-8,11-20H2,1H3,(H,24,25)(H,26,27);;/q;2*+1/p-2/b10-9-;;. The minimum Gasteiger partial charge on any atom is -0.549 e. The molecule has 0 bridgehead atoms. The first kappa shape index (κ1) is 34.3. The molecule has 0 atom stereocenters. The third kappa shape index (κ3) is 28.6. The maximum absolute atomic E-state index is 10.6. The molecule has 0 amide bonds. The summed E-state index contributed by atoms with van der Waals surface area (Å²) in [5.74, 6) is -2.50. The van der Waals surface area contributed by atoms with E-state index in [0.717, 1.165) is 25.7 Å². The van der Waals surface area contributed by atoms with Gasteiger partial charge in [-0.15, -0.1) is 0 Å². The Balaban J connectivity index is -0.00000338. The summed E-state index contributed by atoms with van der Waals surface area (Å²) in [4.78, 5) is 22.5. The van der Waals surface area contributed by atoms with E-state index in [1.807, 2.05) is 0 Å². The van der Waals surface area contributed by atoms with Crippen molar-refractivity contribution in [3.8, 4) is 0 Å². The quantitative estimate of drug-likeness (QED) is 0.116. The number of hydrogen-bond donors (Lipinski definition) is 0. The van der Waals surface area contributed by atoms with Gasteiger partial charge in [-0.3, -0.25) is 4.90 Å². The second kappa shape index (κ2) is 26.7. The van der Waals surface area contributed by atoms with Crippen molar-refractivity contribution in [1.29, 1.82) is 0 Å². The zero-order chi connectivity index (χ0) is 20.2. The molecule has 29 heavy (non-hydrogen) atoms. The number of carboxylic acids is 2. The number of unbranched alkanes of at least 4 members (excludes halogenated alkanes) is 12. The van der Waals surface area contributed by atoms with Crippen LogP contribution in [0.5, 0.6) is 0 Å². The Hall–Kier alpha value is 0.640. The first-order chi connectivity index (χ1) is 13.1. The summed E-state index contributed by atoms with van der Waals surface area (Å²) in [6.45, 7) is 2.01. The molecular weight excluding hydrogens is 388 g/mol. The molecule has 0 spiro atoms. The van der Waals surface area contributed by atoms with Crippen LogP contribution in [0.3, 0.4) is 0 Å². The second-order valence-electron chi connectivity index (χ2n) is 7.39. The summed E-state index contributed by atoms with van der Waals surface area (Å²) in [6.07, 6.45) is 21.6. The van der Waals surface area contributed by atoms with Gasteiger partial charge in [0, 0.05) is 13.1 Å². The molecule has 0 rings (SSSR count). The topological polar surface area (TPSA) is 83.5 Å². The van der Waals surface area contributed by atoms with Crippen molar-refractivity contribution in [2.75, 3.05) is 19.6 Å². The molecule has 0 aromatic rings. The summed E-state index contributed by atoms with van der Waals surface area (Å²) < 4.78 is 0. The van der Waals surface area contributed by atoms with Gasteiger partial charge in [0.25, 0.3) is 0 Å². The van der Waals surface area contributed by atoms with Crippen molar-refractivity contribution in [2.24, 2.45) is 0 Å². The summed E-state index contributed by atoms with van der Waals surface area (Å²) in [6, 6.07) is 0. The molecule has 0 N–H and O–H groups in total. The molecule has 0 fully saturated rings. The van der Waals surface area contributed by atoms with Gasteiger partial charge in [-0.1, -0.05) is 76.9 Å². The van der Waals surface area contributed by atoms with Crippen LogP contribution in [-0.2, 0) is 9.59 Å². The van der Waals surface area contributed by atoms with Crippen LogP contribution in [0.1, 0.15) is 96.8 Å². The van der Waals surface area contributed by atoms with Crippen LogP contribution in [0.4, 0.5) is 0 Å². The van der Waals surface area contributed by atoms with Crippen LogP contribution < -0.4 is 69.3 Å². The van der Waals surface area contributed by atoms with E-state index in [1.54, 1.807) is 0 Å². The third-order valence-corrected chi connectivity index (χ3v) is 4.69. The van der Waals surface area contributed by atoms with Crippen molar-refractivity contribution in [3.05, 3.63) is 12.2 Å². The number of hydrogen-bond acceptors (Lipinski definition) is 5. The normalized spacial score (nSPS) is 10.7. The number of rotatable bonds is 20. The van der Waals surface area contributed by atoms with Crippen LogP contribution in [0.25, 0.3) is 0 Å². The van der Waals surface area contributed by atoms with Gasteiger partial charge in [0.2, 0.25) is 0 Å². The van der Waals surface area contributed by atoms with Gasteiger partial charge in [-0.25, -0.2) is 0 Å². The van der Waals surface area contributed by atoms with E-state index in [4.69, 9.17) is 0 Å². The Bertz CT molecular complexity index is 390. The summed E-state index contributed by atoms with van der Waals surface area (Å²) in [5, 5.41) is 21.2.